The Hall–Kier alpha value is -4.13. The van der Waals surface area contributed by atoms with Crippen molar-refractivity contribution < 1.29 is 28.5 Å². The van der Waals surface area contributed by atoms with E-state index in [4.69, 9.17) is 23.7 Å². The summed E-state index contributed by atoms with van der Waals surface area (Å²) in [5.41, 5.74) is 1.45. The molecule has 4 rings (SSSR count). The van der Waals surface area contributed by atoms with Crippen molar-refractivity contribution in [3.8, 4) is 28.7 Å². The van der Waals surface area contributed by atoms with Crippen LogP contribution in [0.3, 0.4) is 0 Å². The van der Waals surface area contributed by atoms with Gasteiger partial charge in [-0.15, -0.1) is 0 Å². The summed E-state index contributed by atoms with van der Waals surface area (Å²) in [4.78, 5) is 12.4. The molecule has 0 fully saturated rings. The number of amides is 1. The fraction of sp³-hybridized carbons (Fsp3) is 0.222. The first-order chi connectivity index (χ1) is 16.7. The second-order valence-corrected chi connectivity index (χ2v) is 7.33. The number of fused-ring (bicyclic) bond motifs is 1. The first-order valence-electron chi connectivity index (χ1n) is 11.2. The van der Waals surface area contributed by atoms with Crippen molar-refractivity contribution in [1.29, 1.82) is 0 Å². The number of ether oxygens (including phenoxy) is 5. The smallest absolute Gasteiger partial charge is 0.248 e. The van der Waals surface area contributed by atoms with Crippen molar-refractivity contribution in [3.05, 3.63) is 78.4 Å². The van der Waals surface area contributed by atoms with E-state index in [1.807, 2.05) is 55.5 Å². The summed E-state index contributed by atoms with van der Waals surface area (Å²) in [6.07, 6.45) is 3.19. The highest BCUT2D eigenvalue weighted by Crippen LogP contribution is 2.32. The minimum absolute atomic E-state index is 0.256. The molecule has 7 heteroatoms. The van der Waals surface area contributed by atoms with Crippen LogP contribution in [0.4, 0.5) is 5.69 Å². The Morgan fingerprint density at radius 2 is 1.68 bits per heavy atom. The Kier molecular flexibility index (Phi) is 7.90. The fourth-order valence-corrected chi connectivity index (χ4v) is 3.32. The first kappa shape index (κ1) is 23.0. The van der Waals surface area contributed by atoms with E-state index in [1.54, 1.807) is 24.3 Å². The normalized spacial score (nSPS) is 12.3. The van der Waals surface area contributed by atoms with Crippen molar-refractivity contribution >= 4 is 17.7 Å². The first-order valence-corrected chi connectivity index (χ1v) is 11.2. The third-order valence-electron chi connectivity index (χ3n) is 4.86. The molecule has 34 heavy (non-hydrogen) atoms. The molecule has 0 aliphatic carbocycles. The van der Waals surface area contributed by atoms with Gasteiger partial charge in [-0.05, 0) is 55.0 Å². The Morgan fingerprint density at radius 3 is 2.50 bits per heavy atom. The summed E-state index contributed by atoms with van der Waals surface area (Å²) in [6, 6.07) is 20.4. The zero-order chi connectivity index (χ0) is 23.6. The number of nitrogens with one attached hydrogen (secondary N) is 1. The summed E-state index contributed by atoms with van der Waals surface area (Å²) in [7, 11) is 0. The van der Waals surface area contributed by atoms with E-state index in [0.717, 1.165) is 11.3 Å². The number of benzene rings is 3. The van der Waals surface area contributed by atoms with Gasteiger partial charge < -0.3 is 29.0 Å². The molecule has 1 heterocycles. The minimum atomic E-state index is -0.256. The van der Waals surface area contributed by atoms with Gasteiger partial charge in [0.25, 0.3) is 0 Å². The quantitative estimate of drug-likeness (QED) is 0.340. The number of para-hydroxylation sites is 1. The molecule has 3 aromatic carbocycles. The van der Waals surface area contributed by atoms with Crippen molar-refractivity contribution in [3.63, 3.8) is 0 Å². The molecule has 0 unspecified atom stereocenters. The zero-order valence-corrected chi connectivity index (χ0v) is 19.0. The van der Waals surface area contributed by atoms with Gasteiger partial charge in [0, 0.05) is 17.8 Å². The van der Waals surface area contributed by atoms with Gasteiger partial charge in [0.05, 0.1) is 6.61 Å². The van der Waals surface area contributed by atoms with E-state index < -0.39 is 0 Å². The van der Waals surface area contributed by atoms with Crippen molar-refractivity contribution in [2.24, 2.45) is 0 Å². The zero-order valence-electron chi connectivity index (χ0n) is 19.0. The molecule has 3 aromatic rings. The highest BCUT2D eigenvalue weighted by molar-refractivity contribution is 6.02. The second-order valence-electron chi connectivity index (χ2n) is 7.33. The molecule has 0 atom stereocenters. The van der Waals surface area contributed by atoms with Gasteiger partial charge in [-0.1, -0.05) is 24.3 Å². The van der Waals surface area contributed by atoms with Crippen LogP contribution in [0.2, 0.25) is 0 Å². The largest absolute Gasteiger partial charge is 0.490 e. The van der Waals surface area contributed by atoms with Crippen LogP contribution >= 0.6 is 0 Å². The van der Waals surface area contributed by atoms with E-state index in [0.29, 0.717) is 61.7 Å². The Bertz CT molecular complexity index is 1130. The predicted molar refractivity (Wildman–Crippen MR) is 130 cm³/mol. The van der Waals surface area contributed by atoms with Gasteiger partial charge in [-0.2, -0.15) is 0 Å². The monoisotopic (exact) mass is 461 g/mol. The summed E-state index contributed by atoms with van der Waals surface area (Å²) < 4.78 is 28.3. The van der Waals surface area contributed by atoms with Gasteiger partial charge in [0.15, 0.2) is 23.0 Å². The molecule has 0 saturated heterocycles. The van der Waals surface area contributed by atoms with Crippen LogP contribution < -0.4 is 29.0 Å². The highest BCUT2D eigenvalue weighted by Gasteiger charge is 2.12. The molecule has 0 spiro atoms. The van der Waals surface area contributed by atoms with Crippen molar-refractivity contribution in [2.75, 3.05) is 38.4 Å². The topological polar surface area (TPSA) is 75.3 Å². The molecule has 0 bridgehead atoms. The number of hydrogen-bond acceptors (Lipinski definition) is 6. The molecule has 176 valence electrons. The maximum Gasteiger partial charge on any atom is 0.248 e. The number of hydrogen-bond donors (Lipinski definition) is 1. The third-order valence-corrected chi connectivity index (χ3v) is 4.86. The fourth-order valence-electron chi connectivity index (χ4n) is 3.32. The number of rotatable bonds is 10. The van der Waals surface area contributed by atoms with Gasteiger partial charge in [0.2, 0.25) is 5.91 Å². The number of anilines is 1. The number of carbonyl (C=O) groups is 1. The molecule has 1 amide bonds. The minimum Gasteiger partial charge on any atom is -0.490 e. The van der Waals surface area contributed by atoms with E-state index in [2.05, 4.69) is 5.32 Å². The highest BCUT2D eigenvalue weighted by atomic mass is 16.6. The average Bonchev–Trinajstić information content (AvgIpc) is 2.87. The Balaban J connectivity index is 1.33. The van der Waals surface area contributed by atoms with E-state index in [1.165, 1.54) is 6.08 Å². The van der Waals surface area contributed by atoms with Crippen LogP contribution in [0, 0.1) is 0 Å². The molecule has 1 N–H and O–H groups in total. The Morgan fingerprint density at radius 1 is 0.882 bits per heavy atom. The maximum absolute atomic E-state index is 12.4. The van der Waals surface area contributed by atoms with Gasteiger partial charge in [0.1, 0.15) is 32.2 Å². The van der Waals surface area contributed by atoms with Crippen LogP contribution in [0.25, 0.3) is 6.08 Å². The van der Waals surface area contributed by atoms with Crippen molar-refractivity contribution in [1.82, 2.24) is 0 Å². The third kappa shape index (κ3) is 6.45. The second kappa shape index (κ2) is 11.7. The van der Waals surface area contributed by atoms with Gasteiger partial charge in [-0.3, -0.25) is 4.79 Å². The Labute approximate surface area is 198 Å². The molecule has 1 aliphatic heterocycles. The maximum atomic E-state index is 12.4. The molecular formula is C27H27NO6. The van der Waals surface area contributed by atoms with Crippen LogP contribution in [-0.2, 0) is 4.79 Å². The molecule has 0 aromatic heterocycles. The standard InChI is InChI=1S/C27H27NO6/c1-2-30-25-18-20(8-11-23(25)32-15-14-31-22-6-4-3-5-7-22)9-13-27(29)28-21-10-12-24-26(19-21)34-17-16-33-24/h3-13,18-19H,2,14-17H2,1H3,(H,28,29)/b13-9+. The molecule has 7 nitrogen and oxygen atoms in total. The lowest BCUT2D eigenvalue weighted by Crippen LogP contribution is -2.16. The summed E-state index contributed by atoms with van der Waals surface area (Å²) in [6.45, 7) is 4.21. The summed E-state index contributed by atoms with van der Waals surface area (Å²) >= 11 is 0. The molecule has 1 aliphatic rings. The lowest BCUT2D eigenvalue weighted by atomic mass is 10.2. The van der Waals surface area contributed by atoms with Crippen LogP contribution in [0.1, 0.15) is 12.5 Å². The van der Waals surface area contributed by atoms with Gasteiger partial charge >= 0.3 is 0 Å². The summed E-state index contributed by atoms with van der Waals surface area (Å²) in [5.74, 6) is 3.07. The van der Waals surface area contributed by atoms with Crippen LogP contribution in [-0.4, -0.2) is 38.9 Å². The molecule has 0 radical (unpaired) electrons. The van der Waals surface area contributed by atoms with E-state index >= 15 is 0 Å². The lowest BCUT2D eigenvalue weighted by molar-refractivity contribution is -0.111. The lowest BCUT2D eigenvalue weighted by Gasteiger charge is -2.18. The molecule has 0 saturated carbocycles. The predicted octanol–water partition coefficient (Wildman–Crippen LogP) is 4.97. The van der Waals surface area contributed by atoms with Crippen LogP contribution in [0.5, 0.6) is 28.7 Å². The van der Waals surface area contributed by atoms with E-state index in [-0.39, 0.29) is 5.91 Å². The van der Waals surface area contributed by atoms with Crippen molar-refractivity contribution in [2.45, 2.75) is 6.92 Å². The molecular weight excluding hydrogens is 434 g/mol. The van der Waals surface area contributed by atoms with Gasteiger partial charge in [-0.25, -0.2) is 0 Å². The van der Waals surface area contributed by atoms with Crippen LogP contribution in [0.15, 0.2) is 72.8 Å². The average molecular weight is 462 g/mol. The summed E-state index contributed by atoms with van der Waals surface area (Å²) in [5, 5.41) is 2.83. The van der Waals surface area contributed by atoms with E-state index in [9.17, 15) is 4.79 Å². The number of carbonyl (C=O) groups excluding carboxylic acids is 1. The SMILES string of the molecule is CCOc1cc(/C=C/C(=O)Nc2ccc3c(c2)OCCO3)ccc1OCCOc1ccccc1.